The van der Waals surface area contributed by atoms with Crippen LogP contribution in [-0.4, -0.2) is 33.9 Å². The summed E-state index contributed by atoms with van der Waals surface area (Å²) >= 11 is 0. The number of anilines is 6. The molecule has 0 N–H and O–H groups in total. The minimum atomic E-state index is -3.37. The van der Waals surface area contributed by atoms with Gasteiger partial charge in [0.1, 0.15) is 11.5 Å². The average molecular weight is 690 g/mol. The van der Waals surface area contributed by atoms with Crippen molar-refractivity contribution in [1.29, 1.82) is 0 Å². The molecule has 252 valence electrons. The smallest absolute Gasteiger partial charge is 0.175 e. The van der Waals surface area contributed by atoms with Gasteiger partial charge in [-0.05, 0) is 96.4 Å². The topological polar surface area (TPSA) is 72.0 Å². The van der Waals surface area contributed by atoms with E-state index >= 15 is 0 Å². The molecule has 0 fully saturated rings. The molecule has 8 heteroatoms. The van der Waals surface area contributed by atoms with Crippen LogP contribution in [-0.2, 0) is 9.84 Å². The maximum atomic E-state index is 12.3. The van der Waals surface area contributed by atoms with Crippen LogP contribution in [0.15, 0.2) is 144 Å². The number of aryl methyl sites for hydroxylation is 1. The van der Waals surface area contributed by atoms with Gasteiger partial charge in [0, 0.05) is 29.0 Å². The number of methoxy groups -OCH3 is 2. The second-order valence-electron chi connectivity index (χ2n) is 12.6. The highest BCUT2D eigenvalue weighted by Gasteiger charge is 2.31. The van der Waals surface area contributed by atoms with Gasteiger partial charge in [-0.25, -0.2) is 13.4 Å². The second kappa shape index (κ2) is 12.6. The van der Waals surface area contributed by atoms with E-state index in [1.807, 2.05) is 36.4 Å². The summed E-state index contributed by atoms with van der Waals surface area (Å²) in [5.74, 6) is 1.34. The maximum Gasteiger partial charge on any atom is 0.175 e. The van der Waals surface area contributed by atoms with Crippen molar-refractivity contribution < 1.29 is 17.9 Å². The Hall–Kier alpha value is -6.12. The highest BCUT2D eigenvalue weighted by molar-refractivity contribution is 7.90. The number of hydrogen-bond donors (Lipinski definition) is 0. The van der Waals surface area contributed by atoms with Gasteiger partial charge in [-0.1, -0.05) is 60.7 Å². The fourth-order valence-electron chi connectivity index (χ4n) is 6.95. The molecular formula is C43H35N3O4S. The van der Waals surface area contributed by atoms with E-state index in [0.717, 1.165) is 67.3 Å². The number of para-hydroxylation sites is 5. The molecule has 6 aromatic carbocycles. The predicted octanol–water partition coefficient (Wildman–Crippen LogP) is 10.6. The molecule has 0 saturated heterocycles. The Morgan fingerprint density at radius 1 is 0.569 bits per heavy atom. The molecule has 1 aliphatic rings. The lowest BCUT2D eigenvalue weighted by Crippen LogP contribution is -2.24. The molecule has 1 aromatic heterocycles. The van der Waals surface area contributed by atoms with Crippen LogP contribution in [0.4, 0.5) is 34.1 Å². The number of aromatic nitrogens is 1. The Balaban J connectivity index is 1.44. The Labute approximate surface area is 297 Å². The lowest BCUT2D eigenvalue weighted by Gasteiger charge is -2.40. The Kier molecular flexibility index (Phi) is 7.96. The minimum absolute atomic E-state index is 0.255. The van der Waals surface area contributed by atoms with Crippen molar-refractivity contribution in [2.75, 3.05) is 30.3 Å². The van der Waals surface area contributed by atoms with Crippen LogP contribution in [0.1, 0.15) is 5.56 Å². The third-order valence-electron chi connectivity index (χ3n) is 9.37. The zero-order chi connectivity index (χ0) is 35.3. The zero-order valence-electron chi connectivity index (χ0n) is 28.7. The van der Waals surface area contributed by atoms with Gasteiger partial charge in [0.2, 0.25) is 0 Å². The second-order valence-corrected chi connectivity index (χ2v) is 14.6. The van der Waals surface area contributed by atoms with Crippen LogP contribution in [0.25, 0.3) is 33.3 Å². The van der Waals surface area contributed by atoms with Gasteiger partial charge in [0.25, 0.3) is 0 Å². The van der Waals surface area contributed by atoms with Crippen LogP contribution in [0.5, 0.6) is 11.5 Å². The molecule has 0 saturated carbocycles. The molecule has 0 aliphatic carbocycles. The number of sulfone groups is 1. The molecule has 8 rings (SSSR count). The van der Waals surface area contributed by atoms with Crippen molar-refractivity contribution in [3.63, 3.8) is 0 Å². The number of nitrogens with zero attached hydrogens (tertiary/aromatic N) is 3. The van der Waals surface area contributed by atoms with Gasteiger partial charge < -0.3 is 19.3 Å². The third kappa shape index (κ3) is 5.63. The van der Waals surface area contributed by atoms with Crippen molar-refractivity contribution in [3.8, 4) is 33.9 Å². The molecule has 51 heavy (non-hydrogen) atoms. The minimum Gasteiger partial charge on any atom is -0.497 e. The lowest BCUT2D eigenvalue weighted by atomic mass is 9.94. The molecule has 0 unspecified atom stereocenters. The zero-order valence-corrected chi connectivity index (χ0v) is 29.5. The summed E-state index contributed by atoms with van der Waals surface area (Å²) in [6.07, 6.45) is 1.22. The number of benzene rings is 6. The van der Waals surface area contributed by atoms with Crippen LogP contribution in [0.2, 0.25) is 0 Å². The van der Waals surface area contributed by atoms with Crippen molar-refractivity contribution in [2.24, 2.45) is 0 Å². The van der Waals surface area contributed by atoms with Crippen molar-refractivity contribution in [1.82, 2.24) is 4.98 Å². The fraction of sp³-hybridized carbons (Fsp3) is 0.0930. The van der Waals surface area contributed by atoms with Gasteiger partial charge in [0.15, 0.2) is 9.84 Å². The largest absolute Gasteiger partial charge is 0.497 e. The molecule has 0 spiro atoms. The molecule has 0 atom stereocenters. The van der Waals surface area contributed by atoms with E-state index in [4.69, 9.17) is 14.5 Å². The van der Waals surface area contributed by atoms with Crippen LogP contribution >= 0.6 is 0 Å². The van der Waals surface area contributed by atoms with Gasteiger partial charge >= 0.3 is 0 Å². The molecule has 0 radical (unpaired) electrons. The highest BCUT2D eigenvalue weighted by atomic mass is 32.2. The van der Waals surface area contributed by atoms with Gasteiger partial charge in [-0.2, -0.15) is 0 Å². The summed E-state index contributed by atoms with van der Waals surface area (Å²) in [5.41, 5.74) is 11.3. The fourth-order valence-corrected chi connectivity index (χ4v) is 7.58. The molecule has 2 heterocycles. The van der Waals surface area contributed by atoms with Crippen molar-refractivity contribution >= 4 is 54.9 Å². The van der Waals surface area contributed by atoms with Crippen LogP contribution < -0.4 is 19.3 Å². The van der Waals surface area contributed by atoms with Gasteiger partial charge in [-0.3, -0.25) is 0 Å². The summed E-state index contributed by atoms with van der Waals surface area (Å²) in [5, 5.41) is 0.986. The van der Waals surface area contributed by atoms with E-state index in [-0.39, 0.29) is 4.90 Å². The van der Waals surface area contributed by atoms with Crippen LogP contribution in [0, 0.1) is 6.92 Å². The normalized spacial score (nSPS) is 12.4. The van der Waals surface area contributed by atoms with Crippen molar-refractivity contribution in [3.05, 3.63) is 145 Å². The van der Waals surface area contributed by atoms with E-state index in [9.17, 15) is 8.42 Å². The van der Waals surface area contributed by atoms with E-state index in [0.29, 0.717) is 17.2 Å². The summed E-state index contributed by atoms with van der Waals surface area (Å²) in [4.78, 5) is 10.3. The Morgan fingerprint density at radius 3 is 1.67 bits per heavy atom. The number of rotatable bonds is 7. The SMILES string of the molecule is COc1cc(OC)cc(-c2cc(-c3ccc(S(C)(=O)=O)cc3)nc3c(N4c5ccccc5N(c5ccccc5)c5ccccc54)ccc(C)c23)c1. The molecular weight excluding hydrogens is 655 g/mol. The standard InChI is InChI=1S/C43H35N3O4S/c1-28-18-23-41(46-39-16-10-8-14-37(39)45(31-12-6-5-7-13-31)38-15-9-11-17-40(38)46)43-42(28)35(30-24-32(49-2)26-33(25-30)50-3)27-36(44-43)29-19-21-34(22-20-29)51(4,47)48/h5-27H,1-4H3. The van der Waals surface area contributed by atoms with E-state index < -0.39 is 9.84 Å². The first-order valence-electron chi connectivity index (χ1n) is 16.6. The number of fused-ring (bicyclic) bond motifs is 3. The predicted molar refractivity (Wildman–Crippen MR) is 206 cm³/mol. The number of pyridine rings is 1. The number of hydrogen-bond acceptors (Lipinski definition) is 7. The first-order chi connectivity index (χ1) is 24.7. The van der Waals surface area contributed by atoms with Crippen molar-refractivity contribution in [2.45, 2.75) is 11.8 Å². The molecule has 0 bridgehead atoms. The summed E-state index contributed by atoms with van der Waals surface area (Å²) in [6, 6.07) is 46.4. The Morgan fingerprint density at radius 2 is 1.12 bits per heavy atom. The van der Waals surface area contributed by atoms with Gasteiger partial charge in [0.05, 0.1) is 58.8 Å². The molecule has 7 aromatic rings. The van der Waals surface area contributed by atoms with Crippen LogP contribution in [0.3, 0.4) is 0 Å². The Bertz CT molecular complexity index is 2480. The van der Waals surface area contributed by atoms with E-state index in [1.165, 1.54) is 6.26 Å². The summed E-state index contributed by atoms with van der Waals surface area (Å²) < 4.78 is 36.1. The molecule has 0 amide bonds. The molecule has 1 aliphatic heterocycles. The summed E-state index contributed by atoms with van der Waals surface area (Å²) in [7, 11) is -0.0819. The van der Waals surface area contributed by atoms with E-state index in [1.54, 1.807) is 26.4 Å². The van der Waals surface area contributed by atoms with Gasteiger partial charge in [-0.15, -0.1) is 0 Å². The average Bonchev–Trinajstić information content (AvgIpc) is 3.16. The maximum absolute atomic E-state index is 12.3. The summed E-state index contributed by atoms with van der Waals surface area (Å²) in [6.45, 7) is 2.10. The molecule has 7 nitrogen and oxygen atoms in total. The highest BCUT2D eigenvalue weighted by Crippen LogP contribution is 2.55. The first-order valence-corrected chi connectivity index (χ1v) is 18.5. The quantitative estimate of drug-likeness (QED) is 0.165. The lowest BCUT2D eigenvalue weighted by molar-refractivity contribution is 0.394. The number of ether oxygens (including phenoxy) is 2. The van der Waals surface area contributed by atoms with E-state index in [2.05, 4.69) is 108 Å². The monoisotopic (exact) mass is 689 g/mol. The third-order valence-corrected chi connectivity index (χ3v) is 10.5. The first kappa shape index (κ1) is 32.1.